The molecule has 1 N–H and O–H groups in total. The molecule has 0 radical (unpaired) electrons. The number of nitrogens with one attached hydrogen (secondary N) is 1. The van der Waals surface area contributed by atoms with Crippen molar-refractivity contribution < 1.29 is 14.3 Å². The number of rotatable bonds is 11. The minimum atomic E-state index is -0.693. The van der Waals surface area contributed by atoms with Gasteiger partial charge < -0.3 is 10.1 Å². The number of para-hydroxylation sites is 1. The third-order valence-corrected chi connectivity index (χ3v) is 7.54. The van der Waals surface area contributed by atoms with Crippen LogP contribution in [0, 0.1) is 5.92 Å². The van der Waals surface area contributed by atoms with E-state index in [0.717, 1.165) is 23.4 Å². The summed E-state index contributed by atoms with van der Waals surface area (Å²) < 4.78 is 4.51. The Labute approximate surface area is 216 Å². The number of hydrogen-bond donors (Lipinski definition) is 1. The molecule has 0 spiro atoms. The van der Waals surface area contributed by atoms with Crippen molar-refractivity contribution in [3.63, 3.8) is 0 Å². The fourth-order valence-electron chi connectivity index (χ4n) is 4.49. The lowest BCUT2D eigenvalue weighted by Crippen LogP contribution is -2.57. The summed E-state index contributed by atoms with van der Waals surface area (Å²) in [5.74, 6) is 0.881. The van der Waals surface area contributed by atoms with Gasteiger partial charge in [-0.2, -0.15) is 0 Å². The lowest BCUT2D eigenvalue weighted by atomic mass is 9.90. The fourth-order valence-corrected chi connectivity index (χ4v) is 6.40. The Balaban J connectivity index is 2.66. The minimum Gasteiger partial charge on any atom is -0.497 e. The molecule has 0 heterocycles. The fraction of sp³-hybridized carbons (Fsp3) is 0.517. The van der Waals surface area contributed by atoms with Crippen LogP contribution >= 0.6 is 11.8 Å². The monoisotopic (exact) mass is 498 g/mol. The molecule has 1 unspecified atom stereocenters. The van der Waals surface area contributed by atoms with Gasteiger partial charge in [0.1, 0.15) is 11.8 Å². The molecule has 2 aromatic carbocycles. The number of thioether (sulfide) groups is 1. The van der Waals surface area contributed by atoms with Gasteiger partial charge in [-0.05, 0) is 48.6 Å². The van der Waals surface area contributed by atoms with Crippen LogP contribution < -0.4 is 15.0 Å². The van der Waals surface area contributed by atoms with Crippen molar-refractivity contribution in [2.24, 2.45) is 5.92 Å². The highest BCUT2D eigenvalue weighted by Crippen LogP contribution is 2.45. The number of likely N-dealkylation sites (N-methyl/N-ethyl adjacent to an activating group) is 1. The number of nitrogens with zero attached hydrogens (tertiary/aromatic N) is 1. The van der Waals surface area contributed by atoms with Crippen LogP contribution in [0.2, 0.25) is 0 Å². The molecule has 35 heavy (non-hydrogen) atoms. The molecule has 2 atom stereocenters. The third kappa shape index (κ3) is 7.76. The molecule has 0 aliphatic heterocycles. The molecule has 0 aliphatic carbocycles. The van der Waals surface area contributed by atoms with Gasteiger partial charge in [-0.3, -0.25) is 14.5 Å². The van der Waals surface area contributed by atoms with E-state index >= 15 is 0 Å². The zero-order chi connectivity index (χ0) is 26.2. The highest BCUT2D eigenvalue weighted by atomic mass is 32.2. The molecule has 0 aliphatic rings. The van der Waals surface area contributed by atoms with E-state index in [1.165, 1.54) is 0 Å². The van der Waals surface area contributed by atoms with Crippen LogP contribution in [-0.2, 0) is 16.0 Å². The molecule has 6 heteroatoms. The minimum absolute atomic E-state index is 0.0121. The summed E-state index contributed by atoms with van der Waals surface area (Å²) in [6.07, 6.45) is 1.81. The van der Waals surface area contributed by atoms with Gasteiger partial charge in [-0.15, -0.1) is 11.8 Å². The van der Waals surface area contributed by atoms with Crippen LogP contribution in [0.15, 0.2) is 54.6 Å². The highest BCUT2D eigenvalue weighted by molar-refractivity contribution is 8.02. The standard InChI is InChI=1S/C29H42N2O3S/c1-9-29(20-21(2)3,35-28(4,5)6)27(33)31(23-13-11-10-12-14-23)25(26(32)30-7)19-22-15-17-24(34-8)18-16-22/h10-18,21,25H,9,19-20H2,1-8H3,(H,30,32)/t25-,29?/m0/s1. The molecular formula is C29H42N2O3S. The average Bonchev–Trinajstić information content (AvgIpc) is 2.82. The third-order valence-electron chi connectivity index (χ3n) is 5.90. The average molecular weight is 499 g/mol. The Kier molecular flexibility index (Phi) is 10.3. The zero-order valence-electron chi connectivity index (χ0n) is 22.6. The second kappa shape index (κ2) is 12.5. The number of methoxy groups -OCH3 is 1. The van der Waals surface area contributed by atoms with Gasteiger partial charge >= 0.3 is 0 Å². The summed E-state index contributed by atoms with van der Waals surface area (Å²) in [4.78, 5) is 29.8. The van der Waals surface area contributed by atoms with Crippen LogP contribution in [0.4, 0.5) is 5.69 Å². The Hall–Kier alpha value is -2.47. The Morgan fingerprint density at radius 3 is 2.09 bits per heavy atom. The van der Waals surface area contributed by atoms with Gasteiger partial charge in [0.15, 0.2) is 0 Å². The largest absolute Gasteiger partial charge is 0.497 e. The van der Waals surface area contributed by atoms with E-state index in [0.29, 0.717) is 18.8 Å². The predicted molar refractivity (Wildman–Crippen MR) is 148 cm³/mol. The molecule has 0 bridgehead atoms. The molecule has 2 aromatic rings. The molecular weight excluding hydrogens is 456 g/mol. The van der Waals surface area contributed by atoms with Crippen molar-refractivity contribution in [3.05, 3.63) is 60.2 Å². The van der Waals surface area contributed by atoms with E-state index in [2.05, 4.69) is 46.9 Å². The first-order valence-electron chi connectivity index (χ1n) is 12.4. The quantitative estimate of drug-likeness (QED) is 0.406. The van der Waals surface area contributed by atoms with Gasteiger partial charge in [0, 0.05) is 23.9 Å². The highest BCUT2D eigenvalue weighted by Gasteiger charge is 2.46. The van der Waals surface area contributed by atoms with Gasteiger partial charge in [0.2, 0.25) is 11.8 Å². The van der Waals surface area contributed by atoms with Crippen LogP contribution in [-0.4, -0.2) is 41.5 Å². The molecule has 0 saturated carbocycles. The lowest BCUT2D eigenvalue weighted by molar-refractivity contribution is -0.127. The van der Waals surface area contributed by atoms with Gasteiger partial charge in [0.05, 0.1) is 11.9 Å². The van der Waals surface area contributed by atoms with E-state index < -0.39 is 10.8 Å². The molecule has 0 fully saturated rings. The van der Waals surface area contributed by atoms with Crippen molar-refractivity contribution >= 4 is 29.3 Å². The van der Waals surface area contributed by atoms with E-state index in [1.54, 1.807) is 30.8 Å². The SMILES string of the molecule is CCC(CC(C)C)(SC(C)(C)C)C(=O)N(c1ccccc1)[C@@H](Cc1ccc(OC)cc1)C(=O)NC. The normalized spacial score (nSPS) is 14.2. The van der Waals surface area contributed by atoms with Crippen molar-refractivity contribution in [2.45, 2.75) is 76.3 Å². The summed E-state index contributed by atoms with van der Waals surface area (Å²) in [5, 5.41) is 2.81. The van der Waals surface area contributed by atoms with Gasteiger partial charge in [0.25, 0.3) is 0 Å². The lowest BCUT2D eigenvalue weighted by Gasteiger charge is -2.43. The smallest absolute Gasteiger partial charge is 0.243 e. The molecule has 5 nitrogen and oxygen atoms in total. The Morgan fingerprint density at radius 1 is 1.03 bits per heavy atom. The molecule has 192 valence electrons. The maximum absolute atomic E-state index is 14.7. The number of amides is 2. The number of carbonyl (C=O) groups excluding carboxylic acids is 2. The Morgan fingerprint density at radius 2 is 1.63 bits per heavy atom. The van der Waals surface area contributed by atoms with Gasteiger partial charge in [-0.25, -0.2) is 0 Å². The molecule has 0 aromatic heterocycles. The van der Waals surface area contributed by atoms with Crippen LogP contribution in [0.1, 0.15) is 59.9 Å². The molecule has 0 saturated heterocycles. The van der Waals surface area contributed by atoms with Crippen molar-refractivity contribution in [1.82, 2.24) is 5.32 Å². The summed E-state index contributed by atoms with van der Waals surface area (Å²) in [6.45, 7) is 12.8. The molecule has 2 rings (SSSR count). The topological polar surface area (TPSA) is 58.6 Å². The first-order chi connectivity index (χ1) is 16.5. The second-order valence-corrected chi connectivity index (χ2v) is 12.6. The summed E-state index contributed by atoms with van der Waals surface area (Å²) in [6, 6.07) is 16.6. The summed E-state index contributed by atoms with van der Waals surface area (Å²) in [7, 11) is 3.26. The maximum Gasteiger partial charge on any atom is 0.243 e. The summed E-state index contributed by atoms with van der Waals surface area (Å²) in [5.41, 5.74) is 1.69. The summed E-state index contributed by atoms with van der Waals surface area (Å²) >= 11 is 1.72. The maximum atomic E-state index is 14.7. The van der Waals surface area contributed by atoms with E-state index in [9.17, 15) is 9.59 Å². The van der Waals surface area contributed by atoms with Crippen LogP contribution in [0.3, 0.4) is 0 Å². The van der Waals surface area contributed by atoms with Crippen molar-refractivity contribution in [1.29, 1.82) is 0 Å². The number of anilines is 1. The second-order valence-electron chi connectivity index (χ2n) is 10.4. The number of ether oxygens (including phenoxy) is 1. The van der Waals surface area contributed by atoms with E-state index in [4.69, 9.17) is 4.74 Å². The van der Waals surface area contributed by atoms with Crippen molar-refractivity contribution in [3.8, 4) is 5.75 Å². The first kappa shape index (κ1) is 28.8. The van der Waals surface area contributed by atoms with Crippen molar-refractivity contribution in [2.75, 3.05) is 19.1 Å². The van der Waals surface area contributed by atoms with Crippen LogP contribution in [0.25, 0.3) is 0 Å². The van der Waals surface area contributed by atoms with Crippen LogP contribution in [0.5, 0.6) is 5.75 Å². The predicted octanol–water partition coefficient (Wildman–Crippen LogP) is 6.11. The molecule has 2 amide bonds. The number of benzene rings is 2. The first-order valence-corrected chi connectivity index (χ1v) is 13.2. The van der Waals surface area contributed by atoms with Gasteiger partial charge in [-0.1, -0.05) is 71.9 Å². The number of hydrogen-bond acceptors (Lipinski definition) is 4. The Bertz CT molecular complexity index is 954. The number of carbonyl (C=O) groups is 2. The van der Waals surface area contributed by atoms with E-state index in [1.807, 2.05) is 54.6 Å². The van der Waals surface area contributed by atoms with E-state index in [-0.39, 0.29) is 16.6 Å². The zero-order valence-corrected chi connectivity index (χ0v) is 23.4.